The third-order valence-electron chi connectivity index (χ3n) is 6.01. The highest BCUT2D eigenvalue weighted by Crippen LogP contribution is 2.38. The number of aryl methyl sites for hydroxylation is 1. The molecule has 4 aromatic rings. The Hall–Kier alpha value is -4.43. The summed E-state index contributed by atoms with van der Waals surface area (Å²) in [6, 6.07) is 22.8. The van der Waals surface area contributed by atoms with E-state index in [1.807, 2.05) is 19.1 Å². The molecule has 1 aliphatic carbocycles. The Labute approximate surface area is 208 Å². The van der Waals surface area contributed by atoms with Gasteiger partial charge in [-0.1, -0.05) is 54.1 Å². The van der Waals surface area contributed by atoms with Crippen molar-refractivity contribution in [2.24, 2.45) is 0 Å². The summed E-state index contributed by atoms with van der Waals surface area (Å²) in [6.45, 7) is 2.20. The second-order valence-electron chi connectivity index (χ2n) is 8.51. The Morgan fingerprint density at radius 2 is 1.39 bits per heavy atom. The van der Waals surface area contributed by atoms with Crippen LogP contribution in [0.5, 0.6) is 5.75 Å². The van der Waals surface area contributed by atoms with E-state index in [0.29, 0.717) is 17.9 Å². The Morgan fingerprint density at radius 1 is 0.778 bits per heavy atom. The fourth-order valence-corrected chi connectivity index (χ4v) is 5.05. The lowest BCUT2D eigenvalue weighted by Gasteiger charge is -2.23. The van der Waals surface area contributed by atoms with Crippen molar-refractivity contribution in [2.75, 3.05) is 11.1 Å². The zero-order valence-corrected chi connectivity index (χ0v) is 20.1. The van der Waals surface area contributed by atoms with E-state index >= 15 is 0 Å². The van der Waals surface area contributed by atoms with Crippen LogP contribution in [0.25, 0.3) is 0 Å². The number of benzene rings is 4. The summed E-state index contributed by atoms with van der Waals surface area (Å²) in [4.78, 5) is 27.0. The van der Waals surface area contributed by atoms with Crippen LogP contribution in [-0.2, 0) is 16.7 Å². The molecule has 0 unspecified atom stereocenters. The molecule has 0 spiro atoms. The molecule has 5 rings (SSSR count). The molecule has 1 aliphatic rings. The standard InChI is InChI=1S/C28H22N2O5S/c1-17-6-12-20(13-7-17)36(33,34)35-24-15-14-23(30-16-18-8-10-19(29)11-9-18)25-26(24)28(32)22-5-3-2-4-21(22)27(25)31/h2-15,30H,16,29H2,1H3. The highest BCUT2D eigenvalue weighted by atomic mass is 32.2. The number of carbonyl (C=O) groups excluding carboxylic acids is 2. The summed E-state index contributed by atoms with van der Waals surface area (Å²) >= 11 is 0. The first-order valence-corrected chi connectivity index (χ1v) is 12.6. The lowest BCUT2D eigenvalue weighted by atomic mass is 9.82. The Morgan fingerprint density at radius 3 is 2.03 bits per heavy atom. The molecular formula is C28H22N2O5S. The molecule has 7 nitrogen and oxygen atoms in total. The van der Waals surface area contributed by atoms with Crippen LogP contribution in [0.15, 0.2) is 89.8 Å². The first kappa shape index (κ1) is 23.3. The fourth-order valence-electron chi connectivity index (χ4n) is 4.11. The Bertz CT molecular complexity index is 1610. The maximum absolute atomic E-state index is 13.5. The second-order valence-corrected chi connectivity index (χ2v) is 10.1. The van der Waals surface area contributed by atoms with E-state index in [1.54, 1.807) is 54.6 Å². The molecular weight excluding hydrogens is 476 g/mol. The molecule has 0 aromatic heterocycles. The third kappa shape index (κ3) is 4.23. The number of anilines is 2. The van der Waals surface area contributed by atoms with E-state index in [4.69, 9.17) is 9.92 Å². The minimum Gasteiger partial charge on any atom is -0.399 e. The minimum atomic E-state index is -4.25. The molecule has 0 amide bonds. The quantitative estimate of drug-likeness (QED) is 0.257. The number of hydrogen-bond donors (Lipinski definition) is 2. The van der Waals surface area contributed by atoms with E-state index in [0.717, 1.165) is 11.1 Å². The van der Waals surface area contributed by atoms with Gasteiger partial charge in [0.25, 0.3) is 0 Å². The van der Waals surface area contributed by atoms with E-state index in [-0.39, 0.29) is 32.9 Å². The van der Waals surface area contributed by atoms with E-state index < -0.39 is 21.7 Å². The topological polar surface area (TPSA) is 116 Å². The van der Waals surface area contributed by atoms with Gasteiger partial charge in [-0.2, -0.15) is 8.42 Å². The van der Waals surface area contributed by atoms with Gasteiger partial charge in [0.1, 0.15) is 4.90 Å². The molecule has 0 bridgehead atoms. The predicted octanol–water partition coefficient (Wildman–Crippen LogP) is 4.73. The summed E-state index contributed by atoms with van der Waals surface area (Å²) in [5, 5.41) is 3.20. The van der Waals surface area contributed by atoms with E-state index in [2.05, 4.69) is 5.32 Å². The Balaban J connectivity index is 1.59. The third-order valence-corrected chi connectivity index (χ3v) is 7.26. The Kier molecular flexibility index (Phi) is 5.81. The average molecular weight is 499 g/mol. The van der Waals surface area contributed by atoms with Gasteiger partial charge in [-0.3, -0.25) is 9.59 Å². The maximum atomic E-state index is 13.5. The molecule has 0 radical (unpaired) electrons. The van der Waals surface area contributed by atoms with Gasteiger partial charge in [0.15, 0.2) is 17.3 Å². The lowest BCUT2D eigenvalue weighted by molar-refractivity contribution is 0.0978. The summed E-state index contributed by atoms with van der Waals surface area (Å²) in [6.07, 6.45) is 0. The molecule has 0 heterocycles. The first-order valence-electron chi connectivity index (χ1n) is 11.2. The van der Waals surface area contributed by atoms with Crippen molar-refractivity contribution in [3.63, 3.8) is 0 Å². The van der Waals surface area contributed by atoms with Gasteiger partial charge in [0, 0.05) is 29.0 Å². The molecule has 0 aliphatic heterocycles. The molecule has 36 heavy (non-hydrogen) atoms. The molecule has 0 saturated carbocycles. The van der Waals surface area contributed by atoms with Crippen molar-refractivity contribution in [1.29, 1.82) is 0 Å². The van der Waals surface area contributed by atoms with Crippen LogP contribution in [0.3, 0.4) is 0 Å². The molecule has 0 atom stereocenters. The first-order chi connectivity index (χ1) is 17.2. The number of fused-ring (bicyclic) bond motifs is 2. The molecule has 3 N–H and O–H groups in total. The molecule has 0 saturated heterocycles. The van der Waals surface area contributed by atoms with Gasteiger partial charge in [0.2, 0.25) is 0 Å². The number of hydrogen-bond acceptors (Lipinski definition) is 7. The number of nitrogen functional groups attached to an aromatic ring is 1. The largest absolute Gasteiger partial charge is 0.399 e. The SMILES string of the molecule is Cc1ccc(S(=O)(=O)Oc2ccc(NCc3ccc(N)cc3)c3c2C(=O)c2ccccc2C3=O)cc1. The van der Waals surface area contributed by atoms with Crippen molar-refractivity contribution in [2.45, 2.75) is 18.4 Å². The summed E-state index contributed by atoms with van der Waals surface area (Å²) in [5.74, 6) is -1.07. The summed E-state index contributed by atoms with van der Waals surface area (Å²) in [7, 11) is -4.25. The minimum absolute atomic E-state index is 0.0533. The van der Waals surface area contributed by atoms with Crippen molar-refractivity contribution >= 4 is 33.1 Å². The molecule has 4 aromatic carbocycles. The monoisotopic (exact) mass is 498 g/mol. The number of rotatable bonds is 6. The molecule has 180 valence electrons. The van der Waals surface area contributed by atoms with Gasteiger partial charge in [-0.25, -0.2) is 0 Å². The zero-order valence-electron chi connectivity index (χ0n) is 19.3. The second kappa shape index (κ2) is 8.98. The summed E-state index contributed by atoms with van der Waals surface area (Å²) < 4.78 is 31.5. The van der Waals surface area contributed by atoms with Crippen LogP contribution >= 0.6 is 0 Å². The van der Waals surface area contributed by atoms with Gasteiger partial charge in [0.05, 0.1) is 11.1 Å². The van der Waals surface area contributed by atoms with Crippen LogP contribution in [-0.4, -0.2) is 20.0 Å². The lowest BCUT2D eigenvalue weighted by Crippen LogP contribution is -2.24. The number of nitrogens with one attached hydrogen (secondary N) is 1. The van der Waals surface area contributed by atoms with Crippen molar-refractivity contribution in [1.82, 2.24) is 0 Å². The molecule has 0 fully saturated rings. The van der Waals surface area contributed by atoms with Crippen LogP contribution in [0, 0.1) is 6.92 Å². The number of carbonyl (C=O) groups is 2. The highest BCUT2D eigenvalue weighted by Gasteiger charge is 2.35. The zero-order chi connectivity index (χ0) is 25.4. The maximum Gasteiger partial charge on any atom is 0.339 e. The van der Waals surface area contributed by atoms with Crippen LogP contribution in [0.2, 0.25) is 0 Å². The van der Waals surface area contributed by atoms with Crippen LogP contribution < -0.4 is 15.2 Å². The van der Waals surface area contributed by atoms with E-state index in [9.17, 15) is 18.0 Å². The van der Waals surface area contributed by atoms with Gasteiger partial charge >= 0.3 is 10.1 Å². The van der Waals surface area contributed by atoms with Crippen molar-refractivity contribution < 1.29 is 22.2 Å². The molecule has 8 heteroatoms. The van der Waals surface area contributed by atoms with Gasteiger partial charge < -0.3 is 15.2 Å². The van der Waals surface area contributed by atoms with Gasteiger partial charge in [-0.05, 0) is 48.9 Å². The van der Waals surface area contributed by atoms with Crippen LogP contribution in [0.4, 0.5) is 11.4 Å². The fraction of sp³-hybridized carbons (Fsp3) is 0.0714. The summed E-state index contributed by atoms with van der Waals surface area (Å²) in [5.41, 5.74) is 9.02. The smallest absolute Gasteiger partial charge is 0.339 e. The van der Waals surface area contributed by atoms with Crippen LogP contribution in [0.1, 0.15) is 43.0 Å². The number of ketones is 2. The highest BCUT2D eigenvalue weighted by molar-refractivity contribution is 7.87. The normalized spacial score (nSPS) is 12.6. The average Bonchev–Trinajstić information content (AvgIpc) is 2.87. The van der Waals surface area contributed by atoms with Gasteiger partial charge in [-0.15, -0.1) is 0 Å². The van der Waals surface area contributed by atoms with E-state index in [1.165, 1.54) is 18.2 Å². The number of nitrogens with two attached hydrogens (primary N) is 1. The van der Waals surface area contributed by atoms with Crippen molar-refractivity contribution in [3.8, 4) is 5.75 Å². The predicted molar refractivity (Wildman–Crippen MR) is 137 cm³/mol. The van der Waals surface area contributed by atoms with Crippen molar-refractivity contribution in [3.05, 3.63) is 118 Å².